The summed E-state index contributed by atoms with van der Waals surface area (Å²) in [5.41, 5.74) is 1.92. The Balaban J connectivity index is 1.89. The number of benzene rings is 2. The molecule has 1 N–H and O–H groups in total. The Labute approximate surface area is 183 Å². The smallest absolute Gasteiger partial charge is 0.283 e. The van der Waals surface area contributed by atoms with E-state index in [-0.39, 0.29) is 21.9 Å². The number of hydrogen-bond acceptors (Lipinski definition) is 4. The van der Waals surface area contributed by atoms with Gasteiger partial charge in [-0.15, -0.1) is 5.76 Å². The van der Waals surface area contributed by atoms with Gasteiger partial charge in [0, 0.05) is 15.7 Å². The van der Waals surface area contributed by atoms with Crippen LogP contribution in [0.2, 0.25) is 0 Å². The first-order chi connectivity index (χ1) is 14.2. The molecular formula is C22H18BrN2O4S-. The first-order valence-corrected chi connectivity index (χ1v) is 11.2. The van der Waals surface area contributed by atoms with Crippen LogP contribution in [0.5, 0.6) is 0 Å². The maximum absolute atomic E-state index is 12.8. The summed E-state index contributed by atoms with van der Waals surface area (Å²) in [6.45, 7) is 3.06. The second kappa shape index (κ2) is 8.81. The van der Waals surface area contributed by atoms with E-state index in [1.54, 1.807) is 43.3 Å². The van der Waals surface area contributed by atoms with Crippen LogP contribution in [0.15, 0.2) is 91.9 Å². The van der Waals surface area contributed by atoms with Gasteiger partial charge >= 0.3 is 0 Å². The van der Waals surface area contributed by atoms with Gasteiger partial charge in [-0.05, 0) is 66.6 Å². The Morgan fingerprint density at radius 2 is 1.67 bits per heavy atom. The fourth-order valence-corrected chi connectivity index (χ4v) is 4.21. The fraction of sp³-hybridized carbons (Fsp3) is 0.0909. The number of carbonyl (C=O) groups excluding carboxylic acids is 1. The molecule has 0 aromatic heterocycles. The third-order valence-electron chi connectivity index (χ3n) is 4.33. The van der Waals surface area contributed by atoms with Crippen molar-refractivity contribution in [3.05, 3.63) is 93.7 Å². The molecule has 0 heterocycles. The van der Waals surface area contributed by atoms with Gasteiger partial charge < -0.3 is 10.4 Å². The zero-order valence-corrected chi connectivity index (χ0v) is 18.6. The minimum absolute atomic E-state index is 0.0541. The van der Waals surface area contributed by atoms with E-state index >= 15 is 0 Å². The first-order valence-electron chi connectivity index (χ1n) is 8.92. The Morgan fingerprint density at radius 1 is 1.03 bits per heavy atom. The third kappa shape index (κ3) is 5.14. The molecule has 0 aliphatic heterocycles. The summed E-state index contributed by atoms with van der Waals surface area (Å²) in [4.78, 5) is 12.5. The highest BCUT2D eigenvalue weighted by Crippen LogP contribution is 2.22. The van der Waals surface area contributed by atoms with Crippen LogP contribution in [0.3, 0.4) is 0 Å². The van der Waals surface area contributed by atoms with Crippen molar-refractivity contribution >= 4 is 43.3 Å². The van der Waals surface area contributed by atoms with E-state index in [0.29, 0.717) is 16.8 Å². The zero-order chi connectivity index (χ0) is 21.9. The molecule has 0 atom stereocenters. The van der Waals surface area contributed by atoms with E-state index in [2.05, 4.69) is 25.6 Å². The lowest BCUT2D eigenvalue weighted by Gasteiger charge is -2.12. The van der Waals surface area contributed by atoms with Gasteiger partial charge in [0.2, 0.25) is 0 Å². The molecule has 0 saturated heterocycles. The van der Waals surface area contributed by atoms with Gasteiger partial charge in [-0.25, -0.2) is 0 Å². The largest absolute Gasteiger partial charge is 0.875 e. The molecule has 0 unspecified atom stereocenters. The van der Waals surface area contributed by atoms with Crippen molar-refractivity contribution in [1.82, 2.24) is 0 Å². The normalized spacial score (nSPS) is 13.3. The van der Waals surface area contributed by atoms with Crippen LogP contribution >= 0.6 is 15.9 Å². The predicted octanol–water partition coefficient (Wildman–Crippen LogP) is 3.90. The minimum atomic E-state index is -4.06. The Kier molecular flexibility index (Phi) is 6.38. The van der Waals surface area contributed by atoms with E-state index in [9.17, 15) is 18.3 Å². The molecule has 0 bridgehead atoms. The molecule has 2 aromatic carbocycles. The standard InChI is InChI=1S/C22H19BrN2O4S/c1-14-3-4-17(22(27)24-19-11-7-18(23)8-12-19)13-21(14)30(28,29)25-20-9-5-16(6-10-20)15(2)26/h3-13,26H,1-2H3,(H,24,27)/p-1. The topological polar surface area (TPSA) is 98.7 Å². The summed E-state index contributed by atoms with van der Waals surface area (Å²) >= 11 is 3.33. The van der Waals surface area contributed by atoms with Crippen LogP contribution in [-0.2, 0) is 10.0 Å². The van der Waals surface area contributed by atoms with Crippen molar-refractivity contribution in [1.29, 1.82) is 0 Å². The van der Waals surface area contributed by atoms with Crippen LogP contribution in [-0.4, -0.2) is 20.0 Å². The zero-order valence-electron chi connectivity index (χ0n) is 16.2. The molecule has 30 heavy (non-hydrogen) atoms. The maximum Gasteiger partial charge on any atom is 0.283 e. The van der Waals surface area contributed by atoms with Gasteiger partial charge in [0.1, 0.15) is 0 Å². The molecule has 2 aromatic rings. The van der Waals surface area contributed by atoms with Gasteiger partial charge in [0.15, 0.2) is 0 Å². The number of amides is 1. The number of halogens is 1. The molecule has 154 valence electrons. The lowest BCUT2D eigenvalue weighted by molar-refractivity contribution is -0.302. The van der Waals surface area contributed by atoms with Crippen molar-refractivity contribution in [3.63, 3.8) is 0 Å². The number of rotatable bonds is 4. The molecule has 1 aliphatic rings. The van der Waals surface area contributed by atoms with Gasteiger partial charge in [-0.1, -0.05) is 41.1 Å². The number of aryl methyl sites for hydroxylation is 1. The van der Waals surface area contributed by atoms with E-state index < -0.39 is 15.9 Å². The number of carbonyl (C=O) groups is 1. The van der Waals surface area contributed by atoms with Crippen molar-refractivity contribution in [2.45, 2.75) is 18.7 Å². The third-order valence-corrected chi connectivity index (χ3v) is 6.31. The SMILES string of the molecule is CC([O-])=C1C=CC(=NS(=O)(=O)c2cc(C(=O)Nc3ccc(Br)cc3)ccc2C)C=C1. The molecule has 3 rings (SSSR count). The molecular weight excluding hydrogens is 468 g/mol. The predicted molar refractivity (Wildman–Crippen MR) is 119 cm³/mol. The van der Waals surface area contributed by atoms with Gasteiger partial charge in [-0.2, -0.15) is 12.8 Å². The number of nitrogens with one attached hydrogen (secondary N) is 1. The summed E-state index contributed by atoms with van der Waals surface area (Å²) in [7, 11) is -4.06. The van der Waals surface area contributed by atoms with Crippen LogP contribution in [0.1, 0.15) is 22.8 Å². The van der Waals surface area contributed by atoms with E-state index in [1.165, 1.54) is 37.3 Å². The number of hydrogen-bond donors (Lipinski definition) is 1. The second-order valence-corrected chi connectivity index (χ2v) is 9.10. The van der Waals surface area contributed by atoms with Crippen LogP contribution < -0.4 is 10.4 Å². The quantitative estimate of drug-likeness (QED) is 0.663. The molecule has 1 amide bonds. The molecule has 0 spiro atoms. The highest BCUT2D eigenvalue weighted by Gasteiger charge is 2.19. The van der Waals surface area contributed by atoms with Crippen LogP contribution in [0.4, 0.5) is 5.69 Å². The maximum atomic E-state index is 12.8. The van der Waals surface area contributed by atoms with Crippen LogP contribution in [0, 0.1) is 6.92 Å². The summed E-state index contributed by atoms with van der Waals surface area (Å²) in [5.74, 6) is -0.552. The summed E-state index contributed by atoms with van der Waals surface area (Å²) < 4.78 is 30.4. The van der Waals surface area contributed by atoms with Gasteiger partial charge in [-0.3, -0.25) is 4.79 Å². The summed E-state index contributed by atoms with van der Waals surface area (Å²) in [5, 5.41) is 14.1. The average molecular weight is 486 g/mol. The number of nitrogens with zero attached hydrogens (tertiary/aromatic N) is 1. The number of sulfonamides is 1. The van der Waals surface area contributed by atoms with Crippen molar-refractivity contribution in [2.24, 2.45) is 4.40 Å². The fourth-order valence-electron chi connectivity index (χ4n) is 2.70. The molecule has 1 aliphatic carbocycles. The molecule has 0 radical (unpaired) electrons. The minimum Gasteiger partial charge on any atom is -0.875 e. The summed E-state index contributed by atoms with van der Waals surface area (Å²) in [6, 6.07) is 11.5. The Hall–Kier alpha value is -2.97. The Bertz CT molecular complexity index is 1200. The lowest BCUT2D eigenvalue weighted by atomic mass is 10.1. The number of allylic oxidation sites excluding steroid dienone is 6. The second-order valence-electron chi connectivity index (χ2n) is 6.61. The van der Waals surface area contributed by atoms with E-state index in [4.69, 9.17) is 0 Å². The molecule has 0 fully saturated rings. The van der Waals surface area contributed by atoms with Gasteiger partial charge in [0.25, 0.3) is 15.9 Å². The monoisotopic (exact) mass is 485 g/mol. The molecule has 0 saturated carbocycles. The van der Waals surface area contributed by atoms with E-state index in [0.717, 1.165) is 4.47 Å². The van der Waals surface area contributed by atoms with E-state index in [1.807, 2.05) is 0 Å². The Morgan fingerprint density at radius 3 is 2.27 bits per heavy atom. The van der Waals surface area contributed by atoms with Crippen molar-refractivity contribution in [3.8, 4) is 0 Å². The van der Waals surface area contributed by atoms with Crippen LogP contribution in [0.25, 0.3) is 0 Å². The number of anilines is 1. The highest BCUT2D eigenvalue weighted by atomic mass is 79.9. The first kappa shape index (κ1) is 21.7. The van der Waals surface area contributed by atoms with Crippen molar-refractivity contribution in [2.75, 3.05) is 5.32 Å². The van der Waals surface area contributed by atoms with Crippen molar-refractivity contribution < 1.29 is 18.3 Å². The highest BCUT2D eigenvalue weighted by molar-refractivity contribution is 9.10. The molecule has 6 nitrogen and oxygen atoms in total. The lowest BCUT2D eigenvalue weighted by Crippen LogP contribution is -2.13. The summed E-state index contributed by atoms with van der Waals surface area (Å²) in [6.07, 6.45) is 5.97. The average Bonchev–Trinajstić information content (AvgIpc) is 2.70. The van der Waals surface area contributed by atoms with Gasteiger partial charge in [0.05, 0.1) is 10.6 Å². The molecule has 8 heteroatoms.